The summed E-state index contributed by atoms with van der Waals surface area (Å²) in [5.41, 5.74) is -1.15. The predicted molar refractivity (Wildman–Crippen MR) is 53.5 cm³/mol. The van der Waals surface area contributed by atoms with Gasteiger partial charge < -0.3 is 9.84 Å². The molecule has 0 aromatic heterocycles. The number of carbonyl (C=O) groups is 2. The number of nitrogens with zero attached hydrogens (tertiary/aromatic N) is 1. The molecule has 5 heteroatoms. The number of rotatable bonds is 4. The van der Waals surface area contributed by atoms with Crippen LogP contribution in [0.25, 0.3) is 0 Å². The second-order valence-corrected chi connectivity index (χ2v) is 4.44. The molecule has 15 heavy (non-hydrogen) atoms. The number of carboxylic acid groups (broad SMARTS) is 1. The van der Waals surface area contributed by atoms with Crippen LogP contribution in [0.15, 0.2) is 0 Å². The topological polar surface area (TPSA) is 66.8 Å². The van der Waals surface area contributed by atoms with Gasteiger partial charge in [-0.2, -0.15) is 0 Å². The van der Waals surface area contributed by atoms with Crippen LogP contribution in [0.3, 0.4) is 0 Å². The number of aliphatic carboxylic acids is 1. The van der Waals surface area contributed by atoms with Gasteiger partial charge in [0, 0.05) is 0 Å². The summed E-state index contributed by atoms with van der Waals surface area (Å²) in [4.78, 5) is 23.9. The van der Waals surface area contributed by atoms with Crippen LogP contribution in [0.4, 0.5) is 4.79 Å². The molecule has 1 rings (SSSR count). The van der Waals surface area contributed by atoms with Crippen LogP contribution in [-0.2, 0) is 9.53 Å². The van der Waals surface area contributed by atoms with Crippen LogP contribution in [-0.4, -0.2) is 40.8 Å². The van der Waals surface area contributed by atoms with Gasteiger partial charge in [0.25, 0.3) is 0 Å². The van der Waals surface area contributed by atoms with Gasteiger partial charge in [-0.3, -0.25) is 4.90 Å². The first kappa shape index (κ1) is 11.8. The molecule has 0 aliphatic carbocycles. The van der Waals surface area contributed by atoms with Crippen molar-refractivity contribution in [2.24, 2.45) is 5.92 Å². The van der Waals surface area contributed by atoms with Gasteiger partial charge in [0.05, 0.1) is 6.54 Å². The van der Waals surface area contributed by atoms with Gasteiger partial charge >= 0.3 is 12.1 Å². The number of ether oxygens (including phenoxy) is 1. The molecule has 0 radical (unpaired) electrons. The lowest BCUT2D eigenvalue weighted by atomic mass is 9.89. The second-order valence-electron chi connectivity index (χ2n) is 4.44. The Labute approximate surface area is 89.0 Å². The summed E-state index contributed by atoms with van der Waals surface area (Å²) < 4.78 is 4.77. The molecule has 1 fully saturated rings. The highest BCUT2D eigenvalue weighted by atomic mass is 16.6. The summed E-state index contributed by atoms with van der Waals surface area (Å²) in [6.07, 6.45) is -0.0993. The quantitative estimate of drug-likeness (QED) is 0.768. The summed E-state index contributed by atoms with van der Waals surface area (Å²) in [6.45, 7) is 6.07. The van der Waals surface area contributed by atoms with E-state index in [0.717, 1.165) is 0 Å². The van der Waals surface area contributed by atoms with Gasteiger partial charge in [-0.1, -0.05) is 13.8 Å². The molecule has 0 aromatic carbocycles. The van der Waals surface area contributed by atoms with Crippen LogP contribution in [0.5, 0.6) is 0 Å². The van der Waals surface area contributed by atoms with Crippen molar-refractivity contribution in [3.63, 3.8) is 0 Å². The van der Waals surface area contributed by atoms with Gasteiger partial charge in [0.1, 0.15) is 12.1 Å². The van der Waals surface area contributed by atoms with Crippen molar-refractivity contribution >= 4 is 12.1 Å². The van der Waals surface area contributed by atoms with Gasteiger partial charge in [0.2, 0.25) is 0 Å². The maximum Gasteiger partial charge on any atom is 0.410 e. The molecule has 1 heterocycles. The van der Waals surface area contributed by atoms with E-state index in [-0.39, 0.29) is 12.5 Å². The molecular formula is C10H17NO4. The van der Waals surface area contributed by atoms with Gasteiger partial charge in [0.15, 0.2) is 0 Å². The molecule has 1 N–H and O–H groups in total. The molecule has 1 saturated heterocycles. The lowest BCUT2D eigenvalue weighted by Gasteiger charge is -2.34. The maximum absolute atomic E-state index is 11.3. The summed E-state index contributed by atoms with van der Waals surface area (Å²) in [6, 6.07) is 0. The Morgan fingerprint density at radius 2 is 2.27 bits per heavy atom. The van der Waals surface area contributed by atoms with Crippen LogP contribution in [0.2, 0.25) is 0 Å². The fourth-order valence-corrected chi connectivity index (χ4v) is 1.95. The average molecular weight is 215 g/mol. The smallest absolute Gasteiger partial charge is 0.410 e. The fourth-order valence-electron chi connectivity index (χ4n) is 1.95. The summed E-state index contributed by atoms with van der Waals surface area (Å²) in [5, 5.41) is 9.21. The van der Waals surface area contributed by atoms with E-state index in [1.54, 1.807) is 6.92 Å². The number of hydrogen-bond donors (Lipinski definition) is 1. The number of amides is 1. The fraction of sp³-hybridized carbons (Fsp3) is 0.800. The number of carbonyl (C=O) groups excluding carboxylic acids is 1. The Bertz CT molecular complexity index is 277. The third-order valence-electron chi connectivity index (χ3n) is 2.62. The van der Waals surface area contributed by atoms with Gasteiger partial charge in [-0.15, -0.1) is 0 Å². The maximum atomic E-state index is 11.3. The van der Waals surface area contributed by atoms with Crippen molar-refractivity contribution in [3.05, 3.63) is 0 Å². The van der Waals surface area contributed by atoms with E-state index < -0.39 is 17.6 Å². The van der Waals surface area contributed by atoms with E-state index in [2.05, 4.69) is 0 Å². The SMILES string of the molecule is CC(C)CC(C)(C(=O)O)N1CCOC1=O. The number of hydrogen-bond acceptors (Lipinski definition) is 3. The van der Waals surface area contributed by atoms with Gasteiger partial charge in [-0.25, -0.2) is 9.59 Å². The zero-order valence-electron chi connectivity index (χ0n) is 9.32. The highest BCUT2D eigenvalue weighted by Crippen LogP contribution is 2.27. The predicted octanol–water partition coefficient (Wildman–Crippen LogP) is 1.33. The van der Waals surface area contributed by atoms with Crippen molar-refractivity contribution in [2.75, 3.05) is 13.2 Å². The summed E-state index contributed by atoms with van der Waals surface area (Å²) in [5.74, 6) is -0.769. The zero-order chi connectivity index (χ0) is 11.6. The van der Waals surface area contributed by atoms with Crippen LogP contribution >= 0.6 is 0 Å². The Kier molecular flexibility index (Phi) is 3.21. The minimum atomic E-state index is -1.15. The Morgan fingerprint density at radius 3 is 2.60 bits per heavy atom. The minimum absolute atomic E-state index is 0.208. The van der Waals surface area contributed by atoms with E-state index in [0.29, 0.717) is 13.0 Å². The van der Waals surface area contributed by atoms with Crippen molar-refractivity contribution < 1.29 is 19.4 Å². The summed E-state index contributed by atoms with van der Waals surface area (Å²) in [7, 11) is 0. The molecule has 0 spiro atoms. The highest BCUT2D eigenvalue weighted by Gasteiger charge is 2.45. The first-order chi connectivity index (χ1) is 6.88. The molecule has 86 valence electrons. The van der Waals surface area contributed by atoms with E-state index in [1.165, 1.54) is 4.90 Å². The average Bonchev–Trinajstić information content (AvgIpc) is 2.49. The van der Waals surface area contributed by atoms with Crippen LogP contribution in [0.1, 0.15) is 27.2 Å². The van der Waals surface area contributed by atoms with Crippen molar-refractivity contribution in [2.45, 2.75) is 32.7 Å². The van der Waals surface area contributed by atoms with Crippen molar-refractivity contribution in [1.82, 2.24) is 4.90 Å². The highest BCUT2D eigenvalue weighted by molar-refractivity contribution is 5.84. The standard InChI is InChI=1S/C10H17NO4/c1-7(2)6-10(3,8(12)13)11-4-5-15-9(11)14/h7H,4-6H2,1-3H3,(H,12,13). The lowest BCUT2D eigenvalue weighted by molar-refractivity contribution is -0.149. The van der Waals surface area contributed by atoms with Crippen molar-refractivity contribution in [3.8, 4) is 0 Å². The molecule has 1 atom stereocenters. The number of carboxylic acids is 1. The largest absolute Gasteiger partial charge is 0.480 e. The Morgan fingerprint density at radius 1 is 1.67 bits per heavy atom. The molecule has 1 aliphatic rings. The lowest BCUT2D eigenvalue weighted by Crippen LogP contribution is -2.53. The molecular weight excluding hydrogens is 198 g/mol. The molecule has 0 bridgehead atoms. The molecule has 5 nitrogen and oxygen atoms in total. The third kappa shape index (κ3) is 2.22. The summed E-state index contributed by atoms with van der Waals surface area (Å²) >= 11 is 0. The second kappa shape index (κ2) is 4.08. The zero-order valence-corrected chi connectivity index (χ0v) is 9.32. The first-order valence-corrected chi connectivity index (χ1v) is 5.05. The minimum Gasteiger partial charge on any atom is -0.480 e. The van der Waals surface area contributed by atoms with Gasteiger partial charge in [-0.05, 0) is 19.3 Å². The van der Waals surface area contributed by atoms with Crippen molar-refractivity contribution in [1.29, 1.82) is 0 Å². The molecule has 0 aromatic rings. The number of cyclic esters (lactones) is 1. The van der Waals surface area contributed by atoms with Crippen LogP contribution in [0, 0.1) is 5.92 Å². The molecule has 1 aliphatic heterocycles. The van der Waals surface area contributed by atoms with E-state index >= 15 is 0 Å². The molecule has 0 saturated carbocycles. The normalized spacial score (nSPS) is 20.3. The Hall–Kier alpha value is -1.26. The first-order valence-electron chi connectivity index (χ1n) is 5.05. The van der Waals surface area contributed by atoms with E-state index in [9.17, 15) is 14.7 Å². The molecule has 1 amide bonds. The van der Waals surface area contributed by atoms with Crippen LogP contribution < -0.4 is 0 Å². The Balaban J connectivity index is 2.89. The van der Waals surface area contributed by atoms with E-state index in [4.69, 9.17) is 4.74 Å². The third-order valence-corrected chi connectivity index (χ3v) is 2.62. The van der Waals surface area contributed by atoms with E-state index in [1.807, 2.05) is 13.8 Å². The molecule has 1 unspecified atom stereocenters. The monoisotopic (exact) mass is 215 g/mol.